The van der Waals surface area contributed by atoms with E-state index in [1.807, 2.05) is 30.0 Å². The Bertz CT molecular complexity index is 1210. The Morgan fingerprint density at radius 3 is 2.54 bits per heavy atom. The molecule has 200 valence electrons. The Hall–Kier alpha value is -2.58. The van der Waals surface area contributed by atoms with Gasteiger partial charge in [-0.15, -0.1) is 0 Å². The van der Waals surface area contributed by atoms with E-state index in [0.29, 0.717) is 17.6 Å². The summed E-state index contributed by atoms with van der Waals surface area (Å²) < 4.78 is 53.0. The zero-order chi connectivity index (χ0) is 26.2. The van der Waals surface area contributed by atoms with E-state index in [1.165, 1.54) is 35.9 Å². The third-order valence-electron chi connectivity index (χ3n) is 8.07. The van der Waals surface area contributed by atoms with Crippen molar-refractivity contribution in [2.45, 2.75) is 58.0 Å². The number of halogens is 4. The van der Waals surface area contributed by atoms with Crippen LogP contribution in [-0.2, 0) is 13.0 Å². The number of rotatable bonds is 3. The predicted molar refractivity (Wildman–Crippen MR) is 140 cm³/mol. The number of hydrogen-bond donors (Lipinski definition) is 2. The lowest BCUT2D eigenvalue weighted by Gasteiger charge is -2.41. The second kappa shape index (κ2) is 10.3. The molecule has 3 aliphatic rings. The van der Waals surface area contributed by atoms with Crippen LogP contribution in [0.15, 0.2) is 42.5 Å². The number of benzene rings is 2. The molecule has 2 unspecified atom stereocenters. The van der Waals surface area contributed by atoms with Gasteiger partial charge in [-0.05, 0) is 62.9 Å². The van der Waals surface area contributed by atoms with Gasteiger partial charge in [0, 0.05) is 72.9 Å². The summed E-state index contributed by atoms with van der Waals surface area (Å²) in [5, 5.41) is 4.63. The molecule has 2 atom stereocenters. The van der Waals surface area contributed by atoms with Crippen molar-refractivity contribution in [1.29, 1.82) is 0 Å². The van der Waals surface area contributed by atoms with Crippen molar-refractivity contribution < 1.29 is 17.6 Å². The quantitative estimate of drug-likeness (QED) is 0.412. The van der Waals surface area contributed by atoms with Gasteiger partial charge in [0.25, 0.3) is 5.92 Å². The van der Waals surface area contributed by atoms with Gasteiger partial charge in [0.1, 0.15) is 11.6 Å². The van der Waals surface area contributed by atoms with Crippen molar-refractivity contribution in [1.82, 2.24) is 15.2 Å². The van der Waals surface area contributed by atoms with Crippen molar-refractivity contribution in [2.24, 2.45) is 5.41 Å². The van der Waals surface area contributed by atoms with E-state index in [4.69, 9.17) is 0 Å². The van der Waals surface area contributed by atoms with Gasteiger partial charge in [0.2, 0.25) is 0 Å². The summed E-state index contributed by atoms with van der Waals surface area (Å²) in [6, 6.07) is 12.1. The van der Waals surface area contributed by atoms with Crippen LogP contribution in [0.2, 0.25) is 0 Å². The van der Waals surface area contributed by atoms with E-state index >= 15 is 0 Å². The number of H-pyrrole nitrogens is 1. The van der Waals surface area contributed by atoms with Crippen LogP contribution in [0.1, 0.15) is 44.4 Å². The molecule has 4 nitrogen and oxygen atoms in total. The molecule has 6 rings (SSSR count). The average molecular weight is 517 g/mol. The highest BCUT2D eigenvalue weighted by molar-refractivity contribution is 5.84. The van der Waals surface area contributed by atoms with Crippen molar-refractivity contribution in [2.75, 3.05) is 37.6 Å². The highest BCUT2D eigenvalue weighted by Crippen LogP contribution is 2.37. The van der Waals surface area contributed by atoms with Crippen LogP contribution in [0.3, 0.4) is 0 Å². The molecule has 0 aliphatic carbocycles. The molecule has 2 aromatic carbocycles. The minimum absolute atomic E-state index is 0.150. The SMILES string of the molecule is CC1Cc2c([nH]c3ccccc23)CN1CC(C)(F)F.Fc1cc(F)cc(N2CCCC3(CCNC3)C2)c1. The molecule has 8 heteroatoms. The van der Waals surface area contributed by atoms with Crippen LogP contribution in [0.25, 0.3) is 10.9 Å². The number of aromatic nitrogens is 1. The molecule has 0 amide bonds. The van der Waals surface area contributed by atoms with Gasteiger partial charge >= 0.3 is 0 Å². The first-order valence-electron chi connectivity index (χ1n) is 13.2. The van der Waals surface area contributed by atoms with Crippen molar-refractivity contribution in [3.05, 3.63) is 65.4 Å². The highest BCUT2D eigenvalue weighted by Gasteiger charge is 2.38. The van der Waals surface area contributed by atoms with Gasteiger partial charge in [-0.2, -0.15) is 0 Å². The molecule has 3 aromatic rings. The molecule has 1 aromatic heterocycles. The number of nitrogens with zero attached hydrogens (tertiary/aromatic N) is 2. The minimum atomic E-state index is -2.64. The Labute approximate surface area is 216 Å². The Kier molecular flexibility index (Phi) is 7.24. The maximum atomic E-state index is 13.3. The summed E-state index contributed by atoms with van der Waals surface area (Å²) in [7, 11) is 0. The molecule has 2 fully saturated rings. The molecule has 37 heavy (non-hydrogen) atoms. The summed E-state index contributed by atoms with van der Waals surface area (Å²) in [6.45, 7) is 7.30. The molecule has 0 saturated carbocycles. The van der Waals surface area contributed by atoms with Gasteiger partial charge in [-0.1, -0.05) is 18.2 Å². The largest absolute Gasteiger partial charge is 0.371 e. The fourth-order valence-corrected chi connectivity index (χ4v) is 6.27. The standard InChI is InChI=1S/C15H18F2N2.C14H18F2N2/c1-10-7-12-11-5-3-4-6-13(11)18-14(12)8-19(10)9-15(2,16)17;15-11-6-12(16)8-13(7-11)18-5-1-2-14(10-18)3-4-17-9-14/h3-6,10,18H,7-9H2,1-2H3;6-8,17H,1-5,9-10H2. The number of aromatic amines is 1. The minimum Gasteiger partial charge on any atom is -0.371 e. The average Bonchev–Trinajstić information content (AvgIpc) is 3.42. The Balaban J connectivity index is 0.000000152. The molecule has 2 N–H and O–H groups in total. The summed E-state index contributed by atoms with van der Waals surface area (Å²) >= 11 is 0. The first-order chi connectivity index (χ1) is 17.6. The van der Waals surface area contributed by atoms with Crippen LogP contribution in [-0.4, -0.2) is 54.6 Å². The smallest absolute Gasteiger partial charge is 0.257 e. The molecule has 3 aliphatic heterocycles. The van der Waals surface area contributed by atoms with E-state index in [1.54, 1.807) is 0 Å². The molecule has 0 bridgehead atoms. The van der Waals surface area contributed by atoms with Crippen LogP contribution in [0.4, 0.5) is 23.2 Å². The summed E-state index contributed by atoms with van der Waals surface area (Å²) in [6.07, 6.45) is 4.31. The van der Waals surface area contributed by atoms with Crippen molar-refractivity contribution >= 4 is 16.6 Å². The van der Waals surface area contributed by atoms with Gasteiger partial charge < -0.3 is 15.2 Å². The summed E-state index contributed by atoms with van der Waals surface area (Å²) in [5.74, 6) is -3.62. The lowest BCUT2D eigenvalue weighted by Crippen LogP contribution is -2.44. The fourth-order valence-electron chi connectivity index (χ4n) is 6.27. The lowest BCUT2D eigenvalue weighted by molar-refractivity contribution is -0.0293. The molecular weight excluding hydrogens is 480 g/mol. The van der Waals surface area contributed by atoms with Crippen molar-refractivity contribution in [3.8, 4) is 0 Å². The third kappa shape index (κ3) is 5.96. The van der Waals surface area contributed by atoms with E-state index in [-0.39, 0.29) is 12.6 Å². The monoisotopic (exact) mass is 516 g/mol. The molecular formula is C29H36F4N4. The van der Waals surface area contributed by atoms with Crippen LogP contribution in [0, 0.1) is 17.0 Å². The fraction of sp³-hybridized carbons (Fsp3) is 0.517. The van der Waals surface area contributed by atoms with E-state index in [9.17, 15) is 17.6 Å². The van der Waals surface area contributed by atoms with Crippen LogP contribution < -0.4 is 10.2 Å². The number of anilines is 1. The number of nitrogens with one attached hydrogen (secondary N) is 2. The maximum Gasteiger partial charge on any atom is 0.257 e. The second-order valence-corrected chi connectivity index (χ2v) is 11.2. The van der Waals surface area contributed by atoms with Crippen molar-refractivity contribution in [3.63, 3.8) is 0 Å². The predicted octanol–water partition coefficient (Wildman–Crippen LogP) is 6.11. The van der Waals surface area contributed by atoms with E-state index in [2.05, 4.69) is 21.3 Å². The van der Waals surface area contributed by atoms with Crippen LogP contribution >= 0.6 is 0 Å². The zero-order valence-electron chi connectivity index (χ0n) is 21.6. The summed E-state index contributed by atoms with van der Waals surface area (Å²) in [4.78, 5) is 7.35. The number of alkyl halides is 2. The Morgan fingerprint density at radius 2 is 1.84 bits per heavy atom. The number of hydrogen-bond acceptors (Lipinski definition) is 3. The topological polar surface area (TPSA) is 34.3 Å². The second-order valence-electron chi connectivity index (χ2n) is 11.2. The molecule has 1 spiro atoms. The first-order valence-corrected chi connectivity index (χ1v) is 13.2. The number of para-hydroxylation sites is 1. The maximum absolute atomic E-state index is 13.3. The normalized spacial score (nSPS) is 24.3. The zero-order valence-corrected chi connectivity index (χ0v) is 21.6. The van der Waals surface area contributed by atoms with Gasteiger partial charge in [0.05, 0.1) is 6.54 Å². The van der Waals surface area contributed by atoms with Gasteiger partial charge in [0.15, 0.2) is 0 Å². The molecule has 2 saturated heterocycles. The lowest BCUT2D eigenvalue weighted by atomic mass is 9.79. The first kappa shape index (κ1) is 26.0. The highest BCUT2D eigenvalue weighted by atomic mass is 19.3. The van der Waals surface area contributed by atoms with Gasteiger partial charge in [-0.25, -0.2) is 17.6 Å². The number of fused-ring (bicyclic) bond motifs is 3. The number of piperidine rings is 1. The van der Waals surface area contributed by atoms with Gasteiger partial charge in [-0.3, -0.25) is 4.90 Å². The third-order valence-corrected chi connectivity index (χ3v) is 8.07. The van der Waals surface area contributed by atoms with E-state index < -0.39 is 17.6 Å². The summed E-state index contributed by atoms with van der Waals surface area (Å²) in [5.41, 5.74) is 4.46. The van der Waals surface area contributed by atoms with E-state index in [0.717, 1.165) is 63.2 Å². The Morgan fingerprint density at radius 1 is 1.08 bits per heavy atom. The van der Waals surface area contributed by atoms with Crippen LogP contribution in [0.5, 0.6) is 0 Å². The molecule has 4 heterocycles. The molecule has 0 radical (unpaired) electrons.